The molecule has 0 bridgehead atoms. The van der Waals surface area contributed by atoms with E-state index in [2.05, 4.69) is 10.2 Å². The number of thioether (sulfide) groups is 1. The molecule has 0 radical (unpaired) electrons. The van der Waals surface area contributed by atoms with Crippen molar-refractivity contribution in [3.8, 4) is 11.4 Å². The van der Waals surface area contributed by atoms with Crippen molar-refractivity contribution in [1.82, 2.24) is 19.1 Å². The molecule has 1 saturated carbocycles. The molecule has 1 aliphatic rings. The van der Waals surface area contributed by atoms with Crippen LogP contribution in [0.3, 0.4) is 0 Å². The molecular weight excluding hydrogens is 456 g/mol. The number of carbonyl (C=O) groups is 1. The van der Waals surface area contributed by atoms with E-state index in [-0.39, 0.29) is 15.9 Å². The van der Waals surface area contributed by atoms with E-state index in [0.717, 1.165) is 18.4 Å². The molecule has 4 rings (SSSR count). The third-order valence-corrected chi connectivity index (χ3v) is 9.17. The number of benzene rings is 2. The first kappa shape index (κ1) is 23.7. The third kappa shape index (κ3) is 5.05. The molecule has 1 heterocycles. The predicted molar refractivity (Wildman–Crippen MR) is 130 cm³/mol. The molecule has 0 aliphatic heterocycles. The molecule has 1 atom stereocenters. The Kier molecular flexibility index (Phi) is 7.31. The van der Waals surface area contributed by atoms with Crippen LogP contribution < -0.4 is 0 Å². The highest BCUT2D eigenvalue weighted by Gasteiger charge is 2.29. The van der Waals surface area contributed by atoms with Crippen LogP contribution in [0, 0.1) is 0 Å². The number of Topliss-reactive ketones (excluding diaryl/α,β-unsaturated/α-hetero) is 1. The maximum atomic E-state index is 13.1. The Bertz CT molecular complexity index is 1220. The summed E-state index contributed by atoms with van der Waals surface area (Å²) in [6, 6.07) is 16.8. The average molecular weight is 485 g/mol. The second-order valence-corrected chi connectivity index (χ2v) is 11.1. The van der Waals surface area contributed by atoms with Crippen LogP contribution in [0.5, 0.6) is 0 Å². The fourth-order valence-corrected chi connectivity index (χ4v) is 6.70. The first-order valence-corrected chi connectivity index (χ1v) is 13.5. The van der Waals surface area contributed by atoms with Crippen LogP contribution in [-0.4, -0.2) is 51.6 Å². The van der Waals surface area contributed by atoms with Crippen LogP contribution in [0.25, 0.3) is 11.4 Å². The standard InChI is InChI=1S/C24H28N4O3S2/c1-3-27(4-2)33(30,31)20-13-8-12-19(16-20)23-25-26-24(32-22-15-9-14-21(22)29)28(23)17-18-10-6-5-7-11-18/h5-8,10-13,16,22H,3-4,9,14-15,17H2,1-2H3/t22-/m0/s1. The second kappa shape index (κ2) is 10.2. The van der Waals surface area contributed by atoms with Gasteiger partial charge in [0.15, 0.2) is 11.0 Å². The van der Waals surface area contributed by atoms with Crippen molar-refractivity contribution < 1.29 is 13.2 Å². The summed E-state index contributed by atoms with van der Waals surface area (Å²) < 4.78 is 29.6. The van der Waals surface area contributed by atoms with Crippen LogP contribution >= 0.6 is 11.8 Å². The molecule has 33 heavy (non-hydrogen) atoms. The monoisotopic (exact) mass is 484 g/mol. The Labute approximate surface area is 199 Å². The number of rotatable bonds is 9. The number of aromatic nitrogens is 3. The molecule has 0 unspecified atom stereocenters. The summed E-state index contributed by atoms with van der Waals surface area (Å²) in [7, 11) is -3.60. The van der Waals surface area contributed by atoms with Crippen LogP contribution in [-0.2, 0) is 21.4 Å². The van der Waals surface area contributed by atoms with Gasteiger partial charge in [0.2, 0.25) is 10.0 Å². The fourth-order valence-electron chi connectivity index (χ4n) is 4.04. The Balaban J connectivity index is 1.75. The molecule has 0 amide bonds. The van der Waals surface area contributed by atoms with E-state index in [1.54, 1.807) is 18.2 Å². The van der Waals surface area contributed by atoms with Gasteiger partial charge in [0.25, 0.3) is 0 Å². The molecular formula is C24H28N4O3S2. The highest BCUT2D eigenvalue weighted by atomic mass is 32.2. The quantitative estimate of drug-likeness (QED) is 0.452. The van der Waals surface area contributed by atoms with Gasteiger partial charge in [0.05, 0.1) is 16.7 Å². The summed E-state index contributed by atoms with van der Waals surface area (Å²) in [6.07, 6.45) is 2.36. The Morgan fingerprint density at radius 1 is 1.06 bits per heavy atom. The van der Waals surface area contributed by atoms with E-state index in [9.17, 15) is 13.2 Å². The van der Waals surface area contributed by atoms with Crippen LogP contribution in [0.4, 0.5) is 0 Å². The molecule has 3 aromatic rings. The van der Waals surface area contributed by atoms with Crippen molar-refractivity contribution in [2.75, 3.05) is 13.1 Å². The maximum absolute atomic E-state index is 13.1. The van der Waals surface area contributed by atoms with Gasteiger partial charge < -0.3 is 0 Å². The van der Waals surface area contributed by atoms with Crippen molar-refractivity contribution in [1.29, 1.82) is 0 Å². The molecule has 1 fully saturated rings. The molecule has 0 spiro atoms. The minimum Gasteiger partial charge on any atom is -0.298 e. The number of carbonyl (C=O) groups excluding carboxylic acids is 1. The zero-order valence-corrected chi connectivity index (χ0v) is 20.5. The lowest BCUT2D eigenvalue weighted by Gasteiger charge is -2.19. The van der Waals surface area contributed by atoms with Gasteiger partial charge in [-0.15, -0.1) is 10.2 Å². The molecule has 0 N–H and O–H groups in total. The zero-order chi connectivity index (χ0) is 23.4. The predicted octanol–water partition coefficient (Wildman–Crippen LogP) is 4.24. The summed E-state index contributed by atoms with van der Waals surface area (Å²) in [5, 5.41) is 9.41. The topological polar surface area (TPSA) is 85.2 Å². The number of hydrogen-bond acceptors (Lipinski definition) is 6. The number of sulfonamides is 1. The SMILES string of the molecule is CCN(CC)S(=O)(=O)c1cccc(-c2nnc(S[C@H]3CCCC3=O)n2Cc2ccccc2)c1. The number of nitrogens with zero attached hydrogens (tertiary/aromatic N) is 4. The molecule has 1 aromatic heterocycles. The lowest BCUT2D eigenvalue weighted by Crippen LogP contribution is -2.30. The summed E-state index contributed by atoms with van der Waals surface area (Å²) >= 11 is 1.46. The summed E-state index contributed by atoms with van der Waals surface area (Å²) in [6.45, 7) is 5.00. The van der Waals surface area contributed by atoms with E-state index in [0.29, 0.717) is 42.6 Å². The Morgan fingerprint density at radius 2 is 1.82 bits per heavy atom. The van der Waals surface area contributed by atoms with E-state index >= 15 is 0 Å². The molecule has 174 valence electrons. The fraction of sp³-hybridized carbons (Fsp3) is 0.375. The lowest BCUT2D eigenvalue weighted by atomic mass is 10.2. The average Bonchev–Trinajstić information content (AvgIpc) is 3.41. The van der Waals surface area contributed by atoms with Crippen molar-refractivity contribution >= 4 is 27.6 Å². The third-order valence-electron chi connectivity index (χ3n) is 5.83. The van der Waals surface area contributed by atoms with Gasteiger partial charge in [-0.25, -0.2) is 8.42 Å². The maximum Gasteiger partial charge on any atom is 0.243 e. The second-order valence-electron chi connectivity index (χ2n) is 7.96. The normalized spacial score (nSPS) is 16.6. The molecule has 0 saturated heterocycles. The van der Waals surface area contributed by atoms with Gasteiger partial charge in [-0.05, 0) is 30.5 Å². The first-order valence-electron chi connectivity index (χ1n) is 11.2. The van der Waals surface area contributed by atoms with Gasteiger partial charge in [0.1, 0.15) is 5.78 Å². The summed E-state index contributed by atoms with van der Waals surface area (Å²) in [5.74, 6) is 0.839. The highest BCUT2D eigenvalue weighted by molar-refractivity contribution is 8.00. The van der Waals surface area contributed by atoms with E-state index in [1.165, 1.54) is 16.1 Å². The van der Waals surface area contributed by atoms with Crippen molar-refractivity contribution in [3.63, 3.8) is 0 Å². The van der Waals surface area contributed by atoms with Crippen molar-refractivity contribution in [2.24, 2.45) is 0 Å². The summed E-state index contributed by atoms with van der Waals surface area (Å²) in [4.78, 5) is 12.5. The zero-order valence-electron chi connectivity index (χ0n) is 18.8. The molecule has 7 nitrogen and oxygen atoms in total. The van der Waals surface area contributed by atoms with Crippen LogP contribution in [0.2, 0.25) is 0 Å². The minimum atomic E-state index is -3.60. The number of hydrogen-bond donors (Lipinski definition) is 0. The largest absolute Gasteiger partial charge is 0.298 e. The van der Waals surface area contributed by atoms with Gasteiger partial charge in [-0.3, -0.25) is 9.36 Å². The van der Waals surface area contributed by atoms with Crippen molar-refractivity contribution in [2.45, 2.75) is 55.0 Å². The Hall–Kier alpha value is -2.49. The highest BCUT2D eigenvalue weighted by Crippen LogP contribution is 2.34. The molecule has 1 aliphatic carbocycles. The van der Waals surface area contributed by atoms with Crippen molar-refractivity contribution in [3.05, 3.63) is 60.2 Å². The smallest absolute Gasteiger partial charge is 0.243 e. The number of ketones is 1. The Morgan fingerprint density at radius 3 is 2.48 bits per heavy atom. The van der Waals surface area contributed by atoms with E-state index in [4.69, 9.17) is 0 Å². The minimum absolute atomic E-state index is 0.106. The van der Waals surface area contributed by atoms with Gasteiger partial charge >= 0.3 is 0 Å². The van der Waals surface area contributed by atoms with E-state index in [1.807, 2.05) is 54.8 Å². The first-order chi connectivity index (χ1) is 15.9. The summed E-state index contributed by atoms with van der Waals surface area (Å²) in [5.41, 5.74) is 1.75. The molecule has 9 heteroatoms. The van der Waals surface area contributed by atoms with Crippen LogP contribution in [0.15, 0.2) is 64.6 Å². The van der Waals surface area contributed by atoms with Gasteiger partial charge in [-0.1, -0.05) is 68.1 Å². The molecule has 2 aromatic carbocycles. The lowest BCUT2D eigenvalue weighted by molar-refractivity contribution is -0.116. The van der Waals surface area contributed by atoms with E-state index < -0.39 is 10.0 Å². The van der Waals surface area contributed by atoms with Gasteiger partial charge in [-0.2, -0.15) is 4.31 Å². The van der Waals surface area contributed by atoms with Crippen LogP contribution in [0.1, 0.15) is 38.7 Å². The van der Waals surface area contributed by atoms with Gasteiger partial charge in [0, 0.05) is 25.1 Å².